The molecule has 0 aliphatic rings. The van der Waals surface area contributed by atoms with Crippen LogP contribution >= 0.6 is 0 Å². The summed E-state index contributed by atoms with van der Waals surface area (Å²) in [4.78, 5) is 23.4. The summed E-state index contributed by atoms with van der Waals surface area (Å²) < 4.78 is 10.0. The van der Waals surface area contributed by atoms with Crippen LogP contribution in [0.5, 0.6) is 0 Å². The lowest BCUT2D eigenvalue weighted by Crippen LogP contribution is -2.10. The predicted octanol–water partition coefficient (Wildman–Crippen LogP) is 1.89. The molecule has 0 aromatic heterocycles. The standard InChI is InChI=1S/C16H22O6/c1-2-3-10-21-15(19)12-6-8-13(9-7-12)16(20)22-11-4-5-14(17)18/h6-9,14,17-18H,2-5,10-11H2,1H3. The minimum atomic E-state index is -1.39. The van der Waals surface area contributed by atoms with Gasteiger partial charge in [0.25, 0.3) is 0 Å². The number of esters is 2. The van der Waals surface area contributed by atoms with Gasteiger partial charge < -0.3 is 19.7 Å². The summed E-state index contributed by atoms with van der Waals surface area (Å²) in [5.74, 6) is -0.927. The van der Waals surface area contributed by atoms with Gasteiger partial charge in [0, 0.05) is 6.42 Å². The number of benzene rings is 1. The van der Waals surface area contributed by atoms with E-state index in [1.807, 2.05) is 6.92 Å². The maximum Gasteiger partial charge on any atom is 0.338 e. The highest BCUT2D eigenvalue weighted by Gasteiger charge is 2.11. The van der Waals surface area contributed by atoms with Crippen molar-refractivity contribution >= 4 is 11.9 Å². The molecule has 0 saturated heterocycles. The number of aliphatic hydroxyl groups is 2. The summed E-state index contributed by atoms with van der Waals surface area (Å²) in [5.41, 5.74) is 0.714. The van der Waals surface area contributed by atoms with E-state index >= 15 is 0 Å². The first-order chi connectivity index (χ1) is 10.5. The summed E-state index contributed by atoms with van der Waals surface area (Å²) in [6.45, 7) is 2.50. The fourth-order valence-corrected chi connectivity index (χ4v) is 1.65. The van der Waals surface area contributed by atoms with Crippen molar-refractivity contribution in [2.24, 2.45) is 0 Å². The van der Waals surface area contributed by atoms with Crippen molar-refractivity contribution in [3.8, 4) is 0 Å². The van der Waals surface area contributed by atoms with E-state index in [0.29, 0.717) is 24.2 Å². The minimum absolute atomic E-state index is 0.108. The number of rotatable bonds is 9. The number of hydrogen-bond acceptors (Lipinski definition) is 6. The van der Waals surface area contributed by atoms with E-state index in [9.17, 15) is 9.59 Å². The molecule has 1 rings (SSSR count). The average Bonchev–Trinajstić information content (AvgIpc) is 2.51. The van der Waals surface area contributed by atoms with Crippen LogP contribution in [-0.2, 0) is 9.47 Å². The Morgan fingerprint density at radius 2 is 1.41 bits per heavy atom. The molecule has 1 aromatic rings. The van der Waals surface area contributed by atoms with Gasteiger partial charge in [0.1, 0.15) is 0 Å². The third-order valence-corrected chi connectivity index (χ3v) is 2.93. The molecule has 0 atom stereocenters. The van der Waals surface area contributed by atoms with Gasteiger partial charge in [-0.05, 0) is 37.1 Å². The van der Waals surface area contributed by atoms with Gasteiger partial charge in [-0.25, -0.2) is 9.59 Å². The molecule has 0 heterocycles. The van der Waals surface area contributed by atoms with Crippen molar-refractivity contribution in [3.05, 3.63) is 35.4 Å². The highest BCUT2D eigenvalue weighted by Crippen LogP contribution is 2.08. The zero-order valence-corrected chi connectivity index (χ0v) is 12.7. The second-order valence-corrected chi connectivity index (χ2v) is 4.83. The fraction of sp³-hybridized carbons (Fsp3) is 0.500. The Morgan fingerprint density at radius 1 is 0.955 bits per heavy atom. The third-order valence-electron chi connectivity index (χ3n) is 2.93. The smallest absolute Gasteiger partial charge is 0.338 e. The molecule has 0 fully saturated rings. The minimum Gasteiger partial charge on any atom is -0.462 e. The SMILES string of the molecule is CCCCOC(=O)c1ccc(C(=O)OCCCC(O)O)cc1. The Labute approximate surface area is 129 Å². The van der Waals surface area contributed by atoms with Crippen LogP contribution in [0.2, 0.25) is 0 Å². The summed E-state index contributed by atoms with van der Waals surface area (Å²) in [6, 6.07) is 6.03. The van der Waals surface area contributed by atoms with Crippen molar-refractivity contribution in [3.63, 3.8) is 0 Å². The number of carbonyl (C=O) groups is 2. The maximum atomic E-state index is 11.7. The first-order valence-corrected chi connectivity index (χ1v) is 7.35. The van der Waals surface area contributed by atoms with Gasteiger partial charge in [0.05, 0.1) is 24.3 Å². The second-order valence-electron chi connectivity index (χ2n) is 4.83. The van der Waals surface area contributed by atoms with Gasteiger partial charge in [-0.1, -0.05) is 13.3 Å². The molecule has 0 aliphatic carbocycles. The van der Waals surface area contributed by atoms with Crippen LogP contribution in [0.15, 0.2) is 24.3 Å². The Balaban J connectivity index is 2.43. The highest BCUT2D eigenvalue weighted by atomic mass is 16.5. The molecule has 6 nitrogen and oxygen atoms in total. The fourth-order valence-electron chi connectivity index (χ4n) is 1.65. The molecule has 0 unspecified atom stereocenters. The predicted molar refractivity (Wildman–Crippen MR) is 79.4 cm³/mol. The van der Waals surface area contributed by atoms with E-state index in [1.54, 1.807) is 0 Å². The van der Waals surface area contributed by atoms with Crippen LogP contribution in [0.25, 0.3) is 0 Å². The topological polar surface area (TPSA) is 93.1 Å². The van der Waals surface area contributed by atoms with Crippen molar-refractivity contribution in [2.75, 3.05) is 13.2 Å². The third kappa shape index (κ3) is 6.69. The normalized spacial score (nSPS) is 10.5. The van der Waals surface area contributed by atoms with Gasteiger partial charge in [0.2, 0.25) is 0 Å². The van der Waals surface area contributed by atoms with Gasteiger partial charge in [0.15, 0.2) is 6.29 Å². The van der Waals surface area contributed by atoms with Gasteiger partial charge >= 0.3 is 11.9 Å². The van der Waals surface area contributed by atoms with Gasteiger partial charge in [-0.2, -0.15) is 0 Å². The van der Waals surface area contributed by atoms with Crippen LogP contribution < -0.4 is 0 Å². The molecule has 6 heteroatoms. The van der Waals surface area contributed by atoms with Gasteiger partial charge in [-0.3, -0.25) is 0 Å². The second kappa shape index (κ2) is 9.92. The van der Waals surface area contributed by atoms with E-state index in [2.05, 4.69) is 0 Å². The maximum absolute atomic E-state index is 11.7. The van der Waals surface area contributed by atoms with Gasteiger partial charge in [-0.15, -0.1) is 0 Å². The first kappa shape index (κ1) is 18.1. The van der Waals surface area contributed by atoms with Crippen molar-refractivity contribution in [1.82, 2.24) is 0 Å². The Hall–Kier alpha value is -1.92. The molecular weight excluding hydrogens is 288 g/mol. The molecule has 0 spiro atoms. The summed E-state index contributed by atoms with van der Waals surface area (Å²) >= 11 is 0. The summed E-state index contributed by atoms with van der Waals surface area (Å²) in [6.07, 6.45) is 0.891. The molecule has 0 saturated carbocycles. The lowest BCUT2D eigenvalue weighted by molar-refractivity contribution is -0.0493. The van der Waals surface area contributed by atoms with E-state index in [-0.39, 0.29) is 13.0 Å². The monoisotopic (exact) mass is 310 g/mol. The molecular formula is C16H22O6. The van der Waals surface area contributed by atoms with Crippen molar-refractivity contribution in [2.45, 2.75) is 38.9 Å². The molecule has 1 aromatic carbocycles. The zero-order chi connectivity index (χ0) is 16.4. The largest absolute Gasteiger partial charge is 0.462 e. The van der Waals surface area contributed by atoms with Crippen molar-refractivity contribution < 1.29 is 29.3 Å². The Morgan fingerprint density at radius 3 is 1.82 bits per heavy atom. The number of unbranched alkanes of at least 4 members (excludes halogenated alkanes) is 1. The number of ether oxygens (including phenoxy) is 2. The molecule has 22 heavy (non-hydrogen) atoms. The molecule has 0 amide bonds. The molecule has 0 bridgehead atoms. The molecule has 2 N–H and O–H groups in total. The number of carbonyl (C=O) groups excluding carboxylic acids is 2. The lowest BCUT2D eigenvalue weighted by atomic mass is 10.1. The van der Waals surface area contributed by atoms with Crippen molar-refractivity contribution in [1.29, 1.82) is 0 Å². The Bertz CT molecular complexity index is 466. The van der Waals surface area contributed by atoms with Crippen LogP contribution in [0, 0.1) is 0 Å². The first-order valence-electron chi connectivity index (χ1n) is 7.35. The van der Waals surface area contributed by atoms with E-state index in [0.717, 1.165) is 12.8 Å². The van der Waals surface area contributed by atoms with Crippen LogP contribution in [0.3, 0.4) is 0 Å². The lowest BCUT2D eigenvalue weighted by Gasteiger charge is -2.07. The summed E-state index contributed by atoms with van der Waals surface area (Å²) in [5, 5.41) is 17.3. The van der Waals surface area contributed by atoms with E-state index in [4.69, 9.17) is 19.7 Å². The molecule has 0 radical (unpaired) electrons. The summed E-state index contributed by atoms with van der Waals surface area (Å²) in [7, 11) is 0. The molecule has 122 valence electrons. The molecule has 0 aliphatic heterocycles. The average molecular weight is 310 g/mol. The van der Waals surface area contributed by atoms with E-state index < -0.39 is 18.2 Å². The van der Waals surface area contributed by atoms with Crippen LogP contribution in [0.4, 0.5) is 0 Å². The number of hydrogen-bond donors (Lipinski definition) is 2. The Kier molecular flexibility index (Phi) is 8.17. The number of aliphatic hydroxyl groups excluding tert-OH is 1. The van der Waals surface area contributed by atoms with Crippen LogP contribution in [0.1, 0.15) is 53.3 Å². The van der Waals surface area contributed by atoms with Crippen LogP contribution in [-0.4, -0.2) is 41.7 Å². The quantitative estimate of drug-likeness (QED) is 0.411. The highest BCUT2D eigenvalue weighted by molar-refractivity contribution is 5.93. The zero-order valence-electron chi connectivity index (χ0n) is 12.7. The van der Waals surface area contributed by atoms with E-state index in [1.165, 1.54) is 24.3 Å².